The highest BCUT2D eigenvalue weighted by Crippen LogP contribution is 2.20. The molecule has 0 radical (unpaired) electrons. The number of nitrogen functional groups attached to an aromatic ring is 1. The second-order valence-corrected chi connectivity index (χ2v) is 4.58. The summed E-state index contributed by atoms with van der Waals surface area (Å²) in [7, 11) is 0. The first kappa shape index (κ1) is 13.9. The minimum absolute atomic E-state index is 0.0772. The van der Waals surface area contributed by atoms with E-state index in [0.717, 1.165) is 12.0 Å². The van der Waals surface area contributed by atoms with Gasteiger partial charge in [0.2, 0.25) is 0 Å². The maximum absolute atomic E-state index is 12.0. The summed E-state index contributed by atoms with van der Waals surface area (Å²) in [5.41, 5.74) is 8.48. The monoisotopic (exact) mass is 270 g/mol. The number of carbonyl (C=O) groups excluding carboxylic acids is 1. The summed E-state index contributed by atoms with van der Waals surface area (Å²) in [6, 6.07) is 12.5. The highest BCUT2D eigenvalue weighted by Gasteiger charge is 2.08. The maximum atomic E-state index is 12.0. The molecule has 0 saturated heterocycles. The molecular weight excluding hydrogens is 252 g/mol. The van der Waals surface area contributed by atoms with Crippen molar-refractivity contribution in [2.24, 2.45) is 0 Å². The van der Waals surface area contributed by atoms with Crippen molar-refractivity contribution < 1.29 is 9.90 Å². The maximum Gasteiger partial charge on any atom is 0.251 e. The molecule has 0 unspecified atom stereocenters. The molecular formula is C16H18N2O2. The first-order chi connectivity index (χ1) is 9.61. The van der Waals surface area contributed by atoms with E-state index in [2.05, 4.69) is 18.3 Å². The third kappa shape index (κ3) is 3.09. The number of aryl methyl sites for hydroxylation is 1. The molecule has 0 bridgehead atoms. The number of phenols is 1. The molecule has 0 spiro atoms. The van der Waals surface area contributed by atoms with Crippen LogP contribution < -0.4 is 11.1 Å². The zero-order valence-electron chi connectivity index (χ0n) is 11.4. The average molecular weight is 270 g/mol. The van der Waals surface area contributed by atoms with Crippen LogP contribution in [-0.2, 0) is 13.0 Å². The van der Waals surface area contributed by atoms with Gasteiger partial charge in [0.25, 0.3) is 5.91 Å². The normalized spacial score (nSPS) is 10.2. The molecule has 4 heteroatoms. The van der Waals surface area contributed by atoms with E-state index < -0.39 is 0 Å². The number of hydrogen-bond acceptors (Lipinski definition) is 3. The Hall–Kier alpha value is -2.49. The topological polar surface area (TPSA) is 75.4 Å². The van der Waals surface area contributed by atoms with Gasteiger partial charge in [-0.3, -0.25) is 4.79 Å². The van der Waals surface area contributed by atoms with Crippen molar-refractivity contribution in [1.82, 2.24) is 5.32 Å². The number of amides is 1. The van der Waals surface area contributed by atoms with Gasteiger partial charge < -0.3 is 16.2 Å². The minimum atomic E-state index is -0.230. The van der Waals surface area contributed by atoms with Crippen molar-refractivity contribution in [3.63, 3.8) is 0 Å². The molecule has 2 aromatic rings. The smallest absolute Gasteiger partial charge is 0.251 e. The molecule has 0 atom stereocenters. The molecule has 104 valence electrons. The van der Waals surface area contributed by atoms with Crippen LogP contribution in [0, 0.1) is 0 Å². The lowest BCUT2D eigenvalue weighted by Gasteiger charge is -2.10. The average Bonchev–Trinajstić information content (AvgIpc) is 2.47. The Kier molecular flexibility index (Phi) is 4.25. The quantitative estimate of drug-likeness (QED) is 0.590. The second kappa shape index (κ2) is 6.10. The van der Waals surface area contributed by atoms with Crippen molar-refractivity contribution >= 4 is 11.6 Å². The fraction of sp³-hybridized carbons (Fsp3) is 0.188. The van der Waals surface area contributed by atoms with Crippen LogP contribution in [-0.4, -0.2) is 11.0 Å². The number of rotatable bonds is 4. The van der Waals surface area contributed by atoms with Crippen LogP contribution in [0.1, 0.15) is 28.4 Å². The minimum Gasteiger partial charge on any atom is -0.506 e. The van der Waals surface area contributed by atoms with Gasteiger partial charge in [0.05, 0.1) is 5.69 Å². The van der Waals surface area contributed by atoms with E-state index in [1.54, 1.807) is 6.07 Å². The third-order valence-electron chi connectivity index (χ3n) is 3.23. The van der Waals surface area contributed by atoms with Crippen molar-refractivity contribution in [1.29, 1.82) is 0 Å². The molecule has 20 heavy (non-hydrogen) atoms. The lowest BCUT2D eigenvalue weighted by atomic mass is 10.1. The summed E-state index contributed by atoms with van der Waals surface area (Å²) in [6.45, 7) is 2.55. The predicted molar refractivity (Wildman–Crippen MR) is 79.5 cm³/mol. The Bertz CT molecular complexity index is 624. The summed E-state index contributed by atoms with van der Waals surface area (Å²) >= 11 is 0. The lowest BCUT2D eigenvalue weighted by Crippen LogP contribution is -2.23. The number of hydrogen-bond donors (Lipinski definition) is 3. The SMILES string of the molecule is CCc1ccccc1CNC(=O)c1ccc(N)c(O)c1. The Morgan fingerprint density at radius 3 is 2.55 bits per heavy atom. The van der Waals surface area contributed by atoms with Crippen molar-refractivity contribution in [3.8, 4) is 5.75 Å². The van der Waals surface area contributed by atoms with Crippen molar-refractivity contribution in [2.45, 2.75) is 19.9 Å². The highest BCUT2D eigenvalue weighted by atomic mass is 16.3. The summed E-state index contributed by atoms with van der Waals surface area (Å²) in [5.74, 6) is -0.308. The van der Waals surface area contributed by atoms with Gasteiger partial charge in [-0.15, -0.1) is 0 Å². The lowest BCUT2D eigenvalue weighted by molar-refractivity contribution is 0.0950. The van der Waals surface area contributed by atoms with Gasteiger partial charge in [0, 0.05) is 12.1 Å². The molecule has 0 aliphatic heterocycles. The third-order valence-corrected chi connectivity index (χ3v) is 3.23. The second-order valence-electron chi connectivity index (χ2n) is 4.58. The zero-order valence-corrected chi connectivity index (χ0v) is 11.4. The van der Waals surface area contributed by atoms with E-state index in [4.69, 9.17) is 5.73 Å². The van der Waals surface area contributed by atoms with Crippen LogP contribution in [0.5, 0.6) is 5.75 Å². The fourth-order valence-electron chi connectivity index (χ4n) is 2.04. The summed E-state index contributed by atoms with van der Waals surface area (Å²) in [5, 5.41) is 12.4. The Labute approximate surface area is 118 Å². The Morgan fingerprint density at radius 1 is 1.20 bits per heavy atom. The number of benzene rings is 2. The molecule has 2 rings (SSSR count). The van der Waals surface area contributed by atoms with Gasteiger partial charge in [-0.05, 0) is 35.7 Å². The molecule has 0 saturated carbocycles. The first-order valence-corrected chi connectivity index (χ1v) is 6.55. The molecule has 0 aliphatic rings. The summed E-state index contributed by atoms with van der Waals surface area (Å²) in [6.07, 6.45) is 0.925. The van der Waals surface area contributed by atoms with Gasteiger partial charge in [0.15, 0.2) is 0 Å². The Morgan fingerprint density at radius 2 is 1.90 bits per heavy atom. The molecule has 0 aliphatic carbocycles. The number of anilines is 1. The van der Waals surface area contributed by atoms with Gasteiger partial charge in [-0.1, -0.05) is 31.2 Å². The van der Waals surface area contributed by atoms with E-state index in [1.165, 1.54) is 17.7 Å². The van der Waals surface area contributed by atoms with E-state index in [9.17, 15) is 9.90 Å². The molecule has 0 fully saturated rings. The first-order valence-electron chi connectivity index (χ1n) is 6.55. The van der Waals surface area contributed by atoms with Gasteiger partial charge in [-0.25, -0.2) is 0 Å². The largest absolute Gasteiger partial charge is 0.506 e. The van der Waals surface area contributed by atoms with Crippen molar-refractivity contribution in [3.05, 3.63) is 59.2 Å². The fourth-order valence-corrected chi connectivity index (χ4v) is 2.04. The predicted octanol–water partition coefficient (Wildman–Crippen LogP) is 2.47. The molecule has 0 aromatic heterocycles. The van der Waals surface area contributed by atoms with Gasteiger partial charge >= 0.3 is 0 Å². The van der Waals surface area contributed by atoms with E-state index in [1.807, 2.05) is 18.2 Å². The van der Waals surface area contributed by atoms with E-state index in [0.29, 0.717) is 12.1 Å². The molecule has 1 amide bonds. The van der Waals surface area contributed by atoms with Crippen LogP contribution in [0.4, 0.5) is 5.69 Å². The van der Waals surface area contributed by atoms with Gasteiger partial charge in [0.1, 0.15) is 5.75 Å². The van der Waals surface area contributed by atoms with Crippen LogP contribution in [0.25, 0.3) is 0 Å². The van der Waals surface area contributed by atoms with E-state index in [-0.39, 0.29) is 17.3 Å². The standard InChI is InChI=1S/C16H18N2O2/c1-2-11-5-3-4-6-13(11)10-18-16(20)12-7-8-14(17)15(19)9-12/h3-9,19H,2,10,17H2,1H3,(H,18,20). The van der Waals surface area contributed by atoms with Crippen LogP contribution in [0.3, 0.4) is 0 Å². The number of phenolic OH excluding ortho intramolecular Hbond substituents is 1. The molecule has 4 N–H and O–H groups in total. The van der Waals surface area contributed by atoms with Gasteiger partial charge in [-0.2, -0.15) is 0 Å². The highest BCUT2D eigenvalue weighted by molar-refractivity contribution is 5.95. The number of nitrogens with one attached hydrogen (secondary N) is 1. The Balaban J connectivity index is 2.06. The molecule has 0 heterocycles. The van der Waals surface area contributed by atoms with Crippen LogP contribution >= 0.6 is 0 Å². The summed E-state index contributed by atoms with van der Waals surface area (Å²) in [4.78, 5) is 12.0. The van der Waals surface area contributed by atoms with Crippen molar-refractivity contribution in [2.75, 3.05) is 5.73 Å². The number of nitrogens with two attached hydrogens (primary N) is 1. The number of carbonyl (C=O) groups is 1. The summed E-state index contributed by atoms with van der Waals surface area (Å²) < 4.78 is 0. The van der Waals surface area contributed by atoms with Crippen LogP contribution in [0.15, 0.2) is 42.5 Å². The molecule has 4 nitrogen and oxygen atoms in total. The van der Waals surface area contributed by atoms with E-state index >= 15 is 0 Å². The number of aromatic hydroxyl groups is 1. The molecule has 2 aromatic carbocycles. The van der Waals surface area contributed by atoms with Crippen LogP contribution in [0.2, 0.25) is 0 Å². The zero-order chi connectivity index (χ0) is 14.5.